The van der Waals surface area contributed by atoms with Crippen LogP contribution in [0.1, 0.15) is 393 Å². The summed E-state index contributed by atoms with van der Waals surface area (Å²) in [6.45, 7) is 7.05. The smallest absolute Gasteiger partial charge is 0.456 e. The Morgan fingerprint density at radius 2 is 0.685 bits per heavy atom. The second kappa shape index (κ2) is 68.8. The number of ether oxygens (including phenoxy) is 1. The fourth-order valence-corrected chi connectivity index (χ4v) is 12.5. The third-order valence-electron chi connectivity index (χ3n) is 17.8. The number of phosphoric acid groups is 1. The second-order valence-electron chi connectivity index (χ2n) is 27.9. The monoisotopic (exact) mass is 1270 g/mol. The quantitative estimate of drug-likeness (QED) is 0.0205. The summed E-state index contributed by atoms with van der Waals surface area (Å²) in [6, 6.07) is -0.847. The van der Waals surface area contributed by atoms with Crippen molar-refractivity contribution in [2.75, 3.05) is 40.9 Å². The minimum atomic E-state index is -4.45. The van der Waals surface area contributed by atoms with Crippen LogP contribution in [0.2, 0.25) is 0 Å². The fourth-order valence-electron chi connectivity index (χ4n) is 11.8. The first-order chi connectivity index (χ1) is 43.4. The van der Waals surface area contributed by atoms with Gasteiger partial charge < -0.3 is 19.4 Å². The summed E-state index contributed by atoms with van der Waals surface area (Å²) in [5.74, 6) is -0.485. The van der Waals surface area contributed by atoms with Crippen LogP contribution >= 0.6 is 7.82 Å². The van der Waals surface area contributed by atoms with Gasteiger partial charge in [0, 0.05) is 12.8 Å². The Morgan fingerprint density at radius 1 is 0.393 bits per heavy atom. The van der Waals surface area contributed by atoms with E-state index in [1.807, 2.05) is 33.3 Å². The van der Waals surface area contributed by atoms with Gasteiger partial charge in [-0.25, -0.2) is 4.57 Å². The molecule has 10 heteroatoms. The molecule has 0 radical (unpaired) electrons. The molecule has 0 aromatic heterocycles. The van der Waals surface area contributed by atoms with Crippen molar-refractivity contribution in [2.45, 2.75) is 405 Å². The predicted molar refractivity (Wildman–Crippen MR) is 388 cm³/mol. The molecule has 0 aromatic rings. The van der Waals surface area contributed by atoms with Crippen molar-refractivity contribution in [3.63, 3.8) is 0 Å². The third-order valence-corrected chi connectivity index (χ3v) is 18.8. The molecule has 0 fully saturated rings. The maximum absolute atomic E-state index is 13.6. The molecule has 0 saturated carbocycles. The molecule has 0 aliphatic rings. The van der Waals surface area contributed by atoms with Gasteiger partial charge in [0.05, 0.1) is 33.8 Å². The number of unbranched alkanes of at least 4 members (excludes halogenated alkanes) is 50. The predicted octanol–water partition coefficient (Wildman–Crippen LogP) is 25.1. The van der Waals surface area contributed by atoms with E-state index >= 15 is 0 Å². The van der Waals surface area contributed by atoms with Crippen LogP contribution < -0.4 is 5.32 Å². The highest BCUT2D eigenvalue weighted by atomic mass is 31.2. The molecule has 0 saturated heterocycles. The molecule has 3 atom stereocenters. The first-order valence-electron chi connectivity index (χ1n) is 39.0. The minimum Gasteiger partial charge on any atom is -0.456 e. The van der Waals surface area contributed by atoms with E-state index in [1.165, 1.54) is 289 Å². The van der Waals surface area contributed by atoms with Gasteiger partial charge in [-0.3, -0.25) is 18.6 Å². The van der Waals surface area contributed by atoms with Crippen molar-refractivity contribution in [3.05, 3.63) is 48.6 Å². The molecule has 0 aromatic carbocycles. The minimum absolute atomic E-state index is 0.0427. The van der Waals surface area contributed by atoms with Gasteiger partial charge in [0.15, 0.2) is 0 Å². The van der Waals surface area contributed by atoms with E-state index in [-0.39, 0.29) is 25.1 Å². The van der Waals surface area contributed by atoms with Gasteiger partial charge >= 0.3 is 13.8 Å². The van der Waals surface area contributed by atoms with Gasteiger partial charge in [0.1, 0.15) is 19.3 Å². The number of nitrogens with zero attached hydrogens (tertiary/aromatic N) is 1. The molecule has 0 aliphatic heterocycles. The first kappa shape index (κ1) is 87.0. The van der Waals surface area contributed by atoms with Crippen LogP contribution in [0.5, 0.6) is 0 Å². The normalized spacial score (nSPS) is 13.7. The molecule has 89 heavy (non-hydrogen) atoms. The Bertz CT molecular complexity index is 1660. The molecular weight excluding hydrogens is 1120 g/mol. The number of likely N-dealkylation sites (N-methyl/N-ethyl adjacent to an activating group) is 1. The largest absolute Gasteiger partial charge is 0.472 e. The van der Waals surface area contributed by atoms with Gasteiger partial charge in [0.2, 0.25) is 5.91 Å². The van der Waals surface area contributed by atoms with E-state index < -0.39 is 20.0 Å². The number of nitrogens with one attached hydrogen (secondary N) is 1. The fraction of sp³-hybridized carbons (Fsp3) is 0.873. The molecular formula is C79H152N2O7P+. The standard InChI is InChI=1S/C79H151N2O7P/c1-7-10-13-16-19-22-25-27-29-31-33-35-37-39-40-42-44-46-48-50-52-54-57-60-63-66-69-72-79(83)88-77(70-67-64-61-58-55-24-21-18-15-12-9-3)76(75-87-89(84,85)86-74-73-81(4,5)6)80-78(82)71-68-65-62-59-56-53-51-49-47-45-43-41-38-36-34-32-30-28-26-23-20-17-14-11-8-2/h19,22,27,29,33,35,67,70,76-77H,7-18,20-21,23-26,28,30-32,34,36-66,68-69,71-75H2,1-6H3,(H-,80,82,84,85)/p+1/b22-19-,29-27-,35-33-,70-67+. The van der Waals surface area contributed by atoms with E-state index in [4.69, 9.17) is 13.8 Å². The summed E-state index contributed by atoms with van der Waals surface area (Å²) in [6.07, 6.45) is 88.6. The topological polar surface area (TPSA) is 111 Å². The Kier molecular flexibility index (Phi) is 67.2. The zero-order valence-corrected chi connectivity index (χ0v) is 61.1. The number of hydrogen-bond acceptors (Lipinski definition) is 6. The van der Waals surface area contributed by atoms with Crippen LogP contribution in [0.3, 0.4) is 0 Å². The molecule has 0 heterocycles. The van der Waals surface area contributed by atoms with E-state index in [2.05, 4.69) is 62.5 Å². The molecule has 2 N–H and O–H groups in total. The van der Waals surface area contributed by atoms with Crippen LogP contribution in [0, 0.1) is 0 Å². The van der Waals surface area contributed by atoms with E-state index in [0.717, 1.165) is 70.6 Å². The number of amides is 1. The maximum Gasteiger partial charge on any atom is 0.472 e. The average molecular weight is 1270 g/mol. The van der Waals surface area contributed by atoms with Crippen molar-refractivity contribution < 1.29 is 37.3 Å². The lowest BCUT2D eigenvalue weighted by molar-refractivity contribution is -0.870. The molecule has 1 amide bonds. The summed E-state index contributed by atoms with van der Waals surface area (Å²) in [4.78, 5) is 38.0. The highest BCUT2D eigenvalue weighted by molar-refractivity contribution is 7.47. The molecule has 9 nitrogen and oxygen atoms in total. The zero-order valence-electron chi connectivity index (χ0n) is 60.2. The Morgan fingerprint density at radius 3 is 1.04 bits per heavy atom. The van der Waals surface area contributed by atoms with Gasteiger partial charge in [-0.05, 0) is 70.3 Å². The molecule has 0 aliphatic carbocycles. The summed E-state index contributed by atoms with van der Waals surface area (Å²) in [7, 11) is 1.51. The highest BCUT2D eigenvalue weighted by Crippen LogP contribution is 2.43. The Hall–Kier alpha value is -2.03. The van der Waals surface area contributed by atoms with Crippen LogP contribution in [0.25, 0.3) is 0 Å². The summed E-state index contributed by atoms with van der Waals surface area (Å²) in [5.41, 5.74) is 0. The number of carbonyl (C=O) groups is 2. The van der Waals surface area contributed by atoms with Gasteiger partial charge in [-0.2, -0.15) is 0 Å². The van der Waals surface area contributed by atoms with Crippen molar-refractivity contribution in [1.82, 2.24) is 5.32 Å². The summed E-state index contributed by atoms with van der Waals surface area (Å²) < 4.78 is 30.9. The molecule has 3 unspecified atom stereocenters. The lowest BCUT2D eigenvalue weighted by atomic mass is 10.0. The Labute approximate surface area is 554 Å². The lowest BCUT2D eigenvalue weighted by Crippen LogP contribution is -2.47. The van der Waals surface area contributed by atoms with Crippen LogP contribution in [-0.4, -0.2) is 74.3 Å². The van der Waals surface area contributed by atoms with Gasteiger partial charge in [0.25, 0.3) is 0 Å². The first-order valence-corrected chi connectivity index (χ1v) is 40.5. The SMILES string of the molecule is CCCCC/C=C\C/C=C\C/C=C\CCCCCCCCCCCCCCCCC(=O)OC(/C=C/CCCCCCCCCCC)C(COP(=O)(O)OCC[N+](C)(C)C)NC(=O)CCCCCCCCCCCCCCCCCCCCCCCCCCC. The van der Waals surface area contributed by atoms with Crippen molar-refractivity contribution in [3.8, 4) is 0 Å². The number of allylic oxidation sites excluding steroid dienone is 7. The number of rotatable bonds is 72. The van der Waals surface area contributed by atoms with E-state index in [1.54, 1.807) is 0 Å². The Balaban J connectivity index is 4.88. The number of quaternary nitrogens is 1. The molecule has 524 valence electrons. The van der Waals surface area contributed by atoms with Crippen molar-refractivity contribution >= 4 is 19.7 Å². The molecule has 0 spiro atoms. The molecule has 0 rings (SSSR count). The third kappa shape index (κ3) is 70.1. The second-order valence-corrected chi connectivity index (χ2v) is 29.3. The van der Waals surface area contributed by atoms with Crippen molar-refractivity contribution in [2.24, 2.45) is 0 Å². The number of esters is 1. The summed E-state index contributed by atoms with van der Waals surface area (Å²) in [5, 5.41) is 3.08. The average Bonchev–Trinajstić information content (AvgIpc) is 3.71. The lowest BCUT2D eigenvalue weighted by Gasteiger charge is -2.27. The van der Waals surface area contributed by atoms with Crippen LogP contribution in [-0.2, 0) is 27.9 Å². The summed E-state index contributed by atoms with van der Waals surface area (Å²) >= 11 is 0. The number of phosphoric ester groups is 1. The highest BCUT2D eigenvalue weighted by Gasteiger charge is 2.30. The van der Waals surface area contributed by atoms with E-state index in [0.29, 0.717) is 23.9 Å². The molecule has 0 bridgehead atoms. The van der Waals surface area contributed by atoms with Crippen LogP contribution in [0.4, 0.5) is 0 Å². The van der Waals surface area contributed by atoms with Crippen molar-refractivity contribution in [1.29, 1.82) is 0 Å². The number of carbonyl (C=O) groups excluding carboxylic acids is 2. The van der Waals surface area contributed by atoms with Gasteiger partial charge in [-0.15, -0.1) is 0 Å². The maximum atomic E-state index is 13.6. The number of hydrogen-bond donors (Lipinski definition) is 2. The van der Waals surface area contributed by atoms with E-state index in [9.17, 15) is 19.0 Å². The zero-order chi connectivity index (χ0) is 64.9. The van der Waals surface area contributed by atoms with Gasteiger partial charge in [-0.1, -0.05) is 359 Å². The van der Waals surface area contributed by atoms with Crippen LogP contribution in [0.15, 0.2) is 48.6 Å².